The van der Waals surface area contributed by atoms with Gasteiger partial charge in [0.2, 0.25) is 0 Å². The van der Waals surface area contributed by atoms with E-state index in [0.717, 1.165) is 16.7 Å². The van der Waals surface area contributed by atoms with Crippen molar-refractivity contribution in [3.8, 4) is 11.1 Å². The first-order chi connectivity index (χ1) is 9.26. The first-order valence-electron chi connectivity index (χ1n) is 6.19. The van der Waals surface area contributed by atoms with Crippen LogP contribution < -0.4 is 5.73 Å². The minimum atomic E-state index is -0.394. The molecule has 2 N–H and O–H groups in total. The van der Waals surface area contributed by atoms with E-state index >= 15 is 0 Å². The minimum Gasteiger partial charge on any atom is -0.469 e. The Labute approximate surface area is 125 Å². The second-order valence-corrected chi connectivity index (χ2v) is 4.30. The predicted molar refractivity (Wildman–Crippen MR) is 82.9 cm³/mol. The van der Waals surface area contributed by atoms with Crippen LogP contribution in [0.25, 0.3) is 11.1 Å². The fourth-order valence-corrected chi connectivity index (χ4v) is 2.05. The molecule has 0 saturated heterocycles. The average Bonchev–Trinajstić information content (AvgIpc) is 2.49. The first-order valence-corrected chi connectivity index (χ1v) is 6.19. The van der Waals surface area contributed by atoms with E-state index in [1.165, 1.54) is 7.11 Å². The highest BCUT2D eigenvalue weighted by molar-refractivity contribution is 5.85. The molecule has 0 amide bonds. The van der Waals surface area contributed by atoms with Crippen LogP contribution in [0.15, 0.2) is 54.6 Å². The molecule has 2 aromatic rings. The van der Waals surface area contributed by atoms with Crippen LogP contribution >= 0.6 is 12.4 Å². The number of hydrogen-bond donors (Lipinski definition) is 1. The highest BCUT2D eigenvalue weighted by Gasteiger charge is 2.19. The standard InChI is InChI=1S/C16H17NO2.ClH/c1-19-16(18)15(11-17)14-9-7-13(8-10-14)12-5-3-2-4-6-12;/h2-10,15H,11,17H2,1H3;1H. The van der Waals surface area contributed by atoms with Crippen LogP contribution in [0.5, 0.6) is 0 Å². The van der Waals surface area contributed by atoms with E-state index in [0.29, 0.717) is 0 Å². The number of hydrogen-bond acceptors (Lipinski definition) is 3. The lowest BCUT2D eigenvalue weighted by atomic mass is 9.96. The number of carbonyl (C=O) groups is 1. The molecule has 20 heavy (non-hydrogen) atoms. The maximum absolute atomic E-state index is 11.6. The van der Waals surface area contributed by atoms with E-state index in [2.05, 4.69) is 12.1 Å². The first kappa shape index (κ1) is 16.2. The highest BCUT2D eigenvalue weighted by atomic mass is 35.5. The molecule has 3 nitrogen and oxygen atoms in total. The maximum Gasteiger partial charge on any atom is 0.314 e. The van der Waals surface area contributed by atoms with Crippen LogP contribution in [-0.4, -0.2) is 19.6 Å². The van der Waals surface area contributed by atoms with Crippen molar-refractivity contribution in [3.05, 3.63) is 60.2 Å². The second-order valence-electron chi connectivity index (χ2n) is 4.30. The van der Waals surface area contributed by atoms with Crippen LogP contribution in [0.3, 0.4) is 0 Å². The molecule has 4 heteroatoms. The molecular weight excluding hydrogens is 274 g/mol. The molecular formula is C16H18ClNO2. The van der Waals surface area contributed by atoms with Gasteiger partial charge in [-0.05, 0) is 16.7 Å². The summed E-state index contributed by atoms with van der Waals surface area (Å²) in [5.74, 6) is -0.690. The van der Waals surface area contributed by atoms with Crippen molar-refractivity contribution >= 4 is 18.4 Å². The van der Waals surface area contributed by atoms with Crippen molar-refractivity contribution in [3.63, 3.8) is 0 Å². The number of halogens is 1. The Balaban J connectivity index is 0.00000200. The molecule has 0 aliphatic heterocycles. The van der Waals surface area contributed by atoms with Crippen LogP contribution in [0.2, 0.25) is 0 Å². The van der Waals surface area contributed by atoms with Crippen molar-refractivity contribution in [2.45, 2.75) is 5.92 Å². The van der Waals surface area contributed by atoms with Gasteiger partial charge in [0.05, 0.1) is 13.0 Å². The molecule has 1 atom stereocenters. The fraction of sp³-hybridized carbons (Fsp3) is 0.188. The Morgan fingerprint density at radius 2 is 1.60 bits per heavy atom. The van der Waals surface area contributed by atoms with Crippen LogP contribution in [0, 0.1) is 0 Å². The third-order valence-electron chi connectivity index (χ3n) is 3.14. The zero-order chi connectivity index (χ0) is 13.7. The van der Waals surface area contributed by atoms with Gasteiger partial charge in [0.15, 0.2) is 0 Å². The van der Waals surface area contributed by atoms with Crippen LogP contribution in [0.4, 0.5) is 0 Å². The van der Waals surface area contributed by atoms with Gasteiger partial charge in [0.25, 0.3) is 0 Å². The average molecular weight is 292 g/mol. The lowest BCUT2D eigenvalue weighted by Gasteiger charge is -2.13. The fourth-order valence-electron chi connectivity index (χ4n) is 2.05. The SMILES string of the molecule is COC(=O)C(CN)c1ccc(-c2ccccc2)cc1.Cl. The van der Waals surface area contributed by atoms with E-state index in [4.69, 9.17) is 10.5 Å². The predicted octanol–water partition coefficient (Wildman–Crippen LogP) is 2.99. The molecule has 0 aromatic heterocycles. The number of methoxy groups -OCH3 is 1. The monoisotopic (exact) mass is 291 g/mol. The van der Waals surface area contributed by atoms with Crippen molar-refractivity contribution in [2.24, 2.45) is 5.73 Å². The maximum atomic E-state index is 11.6. The number of rotatable bonds is 4. The summed E-state index contributed by atoms with van der Waals surface area (Å²) in [4.78, 5) is 11.6. The Bertz CT molecular complexity index is 540. The second kappa shape index (κ2) is 7.68. The van der Waals surface area contributed by atoms with E-state index in [9.17, 15) is 4.79 Å². The van der Waals surface area contributed by atoms with Gasteiger partial charge in [-0.2, -0.15) is 0 Å². The third kappa shape index (κ3) is 3.59. The molecule has 106 valence electrons. The highest BCUT2D eigenvalue weighted by Crippen LogP contribution is 2.23. The van der Waals surface area contributed by atoms with Gasteiger partial charge < -0.3 is 10.5 Å². The summed E-state index contributed by atoms with van der Waals surface area (Å²) in [6.45, 7) is 0.247. The summed E-state index contributed by atoms with van der Waals surface area (Å²) in [6.07, 6.45) is 0. The Kier molecular flexibility index (Phi) is 6.22. The Morgan fingerprint density at radius 3 is 2.10 bits per heavy atom. The van der Waals surface area contributed by atoms with Gasteiger partial charge in [-0.15, -0.1) is 12.4 Å². The molecule has 0 fully saturated rings. The summed E-state index contributed by atoms with van der Waals surface area (Å²) in [5.41, 5.74) is 8.78. The quantitative estimate of drug-likeness (QED) is 0.881. The lowest BCUT2D eigenvalue weighted by Crippen LogP contribution is -2.22. The molecule has 0 spiro atoms. The van der Waals surface area contributed by atoms with Crippen LogP contribution in [-0.2, 0) is 9.53 Å². The summed E-state index contributed by atoms with van der Waals surface area (Å²) < 4.78 is 4.75. The van der Waals surface area contributed by atoms with Gasteiger partial charge >= 0.3 is 5.97 Å². The molecule has 2 rings (SSSR count). The summed E-state index contributed by atoms with van der Waals surface area (Å²) in [5, 5.41) is 0. The van der Waals surface area contributed by atoms with E-state index in [-0.39, 0.29) is 24.9 Å². The normalized spacial score (nSPS) is 11.3. The topological polar surface area (TPSA) is 52.3 Å². The molecule has 2 aromatic carbocycles. The lowest BCUT2D eigenvalue weighted by molar-refractivity contribution is -0.142. The van der Waals surface area contributed by atoms with Gasteiger partial charge in [-0.3, -0.25) is 4.79 Å². The van der Waals surface area contributed by atoms with Crippen molar-refractivity contribution in [1.29, 1.82) is 0 Å². The number of esters is 1. The van der Waals surface area contributed by atoms with Crippen molar-refractivity contribution < 1.29 is 9.53 Å². The smallest absolute Gasteiger partial charge is 0.314 e. The zero-order valence-corrected chi connectivity index (χ0v) is 12.1. The van der Waals surface area contributed by atoms with Crippen molar-refractivity contribution in [2.75, 3.05) is 13.7 Å². The number of carbonyl (C=O) groups excluding carboxylic acids is 1. The van der Waals surface area contributed by atoms with E-state index in [1.807, 2.05) is 42.5 Å². The number of nitrogens with two attached hydrogens (primary N) is 1. The number of benzene rings is 2. The molecule has 0 bridgehead atoms. The summed E-state index contributed by atoms with van der Waals surface area (Å²) in [6, 6.07) is 17.9. The summed E-state index contributed by atoms with van der Waals surface area (Å²) in [7, 11) is 1.38. The molecule has 1 unspecified atom stereocenters. The molecule has 0 aliphatic carbocycles. The Morgan fingerprint density at radius 1 is 1.05 bits per heavy atom. The van der Waals surface area contributed by atoms with Gasteiger partial charge in [0, 0.05) is 6.54 Å². The minimum absolute atomic E-state index is 0. The zero-order valence-electron chi connectivity index (χ0n) is 11.3. The van der Waals surface area contributed by atoms with E-state index in [1.54, 1.807) is 0 Å². The molecule has 0 heterocycles. The molecule has 0 radical (unpaired) electrons. The molecule has 0 saturated carbocycles. The number of ether oxygens (including phenoxy) is 1. The molecule has 0 aliphatic rings. The summed E-state index contributed by atoms with van der Waals surface area (Å²) >= 11 is 0. The van der Waals surface area contributed by atoms with E-state index < -0.39 is 5.92 Å². The van der Waals surface area contributed by atoms with Gasteiger partial charge in [-0.1, -0.05) is 54.6 Å². The van der Waals surface area contributed by atoms with Crippen LogP contribution in [0.1, 0.15) is 11.5 Å². The largest absolute Gasteiger partial charge is 0.469 e. The van der Waals surface area contributed by atoms with Gasteiger partial charge in [0.1, 0.15) is 0 Å². The Hall–Kier alpha value is -1.84. The third-order valence-corrected chi connectivity index (χ3v) is 3.14. The van der Waals surface area contributed by atoms with Gasteiger partial charge in [-0.25, -0.2) is 0 Å². The van der Waals surface area contributed by atoms with Crippen molar-refractivity contribution in [1.82, 2.24) is 0 Å².